The molecule has 1 saturated heterocycles. The summed E-state index contributed by atoms with van der Waals surface area (Å²) in [6.07, 6.45) is 0. The lowest BCUT2D eigenvalue weighted by molar-refractivity contribution is 0.0585. The molecule has 1 aliphatic rings. The molecule has 0 saturated carbocycles. The second-order valence-corrected chi connectivity index (χ2v) is 4.33. The fraction of sp³-hybridized carbons (Fsp3) is 0.545. The first kappa shape index (κ1) is 12.4. The predicted octanol–water partition coefficient (Wildman–Crippen LogP) is 0.683. The van der Waals surface area contributed by atoms with Gasteiger partial charge in [0.05, 0.1) is 6.61 Å². The van der Waals surface area contributed by atoms with Gasteiger partial charge in [0, 0.05) is 32.7 Å². The van der Waals surface area contributed by atoms with Gasteiger partial charge in [0.15, 0.2) is 11.0 Å². The molecule has 0 radical (unpaired) electrons. The maximum absolute atomic E-state index is 12.0. The number of aliphatic hydroxyl groups excluding tert-OH is 1. The first-order valence-electron chi connectivity index (χ1n) is 5.58. The summed E-state index contributed by atoms with van der Waals surface area (Å²) in [6, 6.07) is 3.15. The fourth-order valence-corrected chi connectivity index (χ4v) is 2.05. The van der Waals surface area contributed by atoms with E-state index in [2.05, 4.69) is 4.90 Å². The van der Waals surface area contributed by atoms with Crippen LogP contribution in [0.25, 0.3) is 0 Å². The Labute approximate surface area is 105 Å². The van der Waals surface area contributed by atoms with Crippen molar-refractivity contribution in [2.45, 2.75) is 0 Å². The van der Waals surface area contributed by atoms with Gasteiger partial charge >= 0.3 is 0 Å². The Morgan fingerprint density at radius 3 is 2.59 bits per heavy atom. The highest BCUT2D eigenvalue weighted by Crippen LogP contribution is 2.15. The first-order valence-corrected chi connectivity index (χ1v) is 5.96. The summed E-state index contributed by atoms with van der Waals surface area (Å²) in [6.45, 7) is 3.67. The number of halogens is 1. The number of aliphatic hydroxyl groups is 1. The van der Waals surface area contributed by atoms with Crippen molar-refractivity contribution in [3.8, 4) is 0 Å². The van der Waals surface area contributed by atoms with Gasteiger partial charge in [0.2, 0.25) is 0 Å². The quantitative estimate of drug-likeness (QED) is 0.867. The number of carbonyl (C=O) groups excluding carboxylic acids is 1. The van der Waals surface area contributed by atoms with E-state index in [9.17, 15) is 4.79 Å². The third kappa shape index (κ3) is 3.00. The Bertz CT molecular complexity index is 386. The monoisotopic (exact) mass is 258 g/mol. The number of nitrogens with zero attached hydrogens (tertiary/aromatic N) is 2. The van der Waals surface area contributed by atoms with E-state index in [1.807, 2.05) is 0 Å². The molecule has 1 fully saturated rings. The van der Waals surface area contributed by atoms with Crippen LogP contribution in [0.2, 0.25) is 5.22 Å². The summed E-state index contributed by atoms with van der Waals surface area (Å²) in [5.41, 5.74) is 0. The Balaban J connectivity index is 1.90. The van der Waals surface area contributed by atoms with Crippen molar-refractivity contribution < 1.29 is 14.3 Å². The maximum atomic E-state index is 12.0. The highest BCUT2D eigenvalue weighted by atomic mass is 35.5. The van der Waals surface area contributed by atoms with Crippen molar-refractivity contribution in [2.75, 3.05) is 39.3 Å². The standard InChI is InChI=1S/C11H15ClN2O3/c12-10-2-1-9(17-10)11(16)14-5-3-13(4-6-14)7-8-15/h1-2,15H,3-8H2. The molecule has 5 nitrogen and oxygen atoms in total. The second kappa shape index (κ2) is 5.53. The van der Waals surface area contributed by atoms with E-state index in [0.29, 0.717) is 19.6 Å². The molecule has 2 heterocycles. The molecular weight excluding hydrogens is 244 g/mol. The number of rotatable bonds is 3. The highest BCUT2D eigenvalue weighted by molar-refractivity contribution is 6.29. The second-order valence-electron chi connectivity index (χ2n) is 3.96. The topological polar surface area (TPSA) is 56.9 Å². The van der Waals surface area contributed by atoms with Crippen molar-refractivity contribution in [3.05, 3.63) is 23.1 Å². The van der Waals surface area contributed by atoms with Crippen molar-refractivity contribution in [1.82, 2.24) is 9.80 Å². The largest absolute Gasteiger partial charge is 0.440 e. The molecule has 0 atom stereocenters. The average Bonchev–Trinajstić information content (AvgIpc) is 2.76. The van der Waals surface area contributed by atoms with E-state index < -0.39 is 0 Å². The summed E-state index contributed by atoms with van der Waals surface area (Å²) in [4.78, 5) is 15.8. The van der Waals surface area contributed by atoms with Crippen LogP contribution in [0, 0.1) is 0 Å². The van der Waals surface area contributed by atoms with Crippen LogP contribution in [0.1, 0.15) is 10.6 Å². The summed E-state index contributed by atoms with van der Waals surface area (Å²) in [7, 11) is 0. The normalized spacial score (nSPS) is 17.4. The van der Waals surface area contributed by atoms with Gasteiger partial charge in [-0.2, -0.15) is 0 Å². The minimum atomic E-state index is -0.124. The summed E-state index contributed by atoms with van der Waals surface area (Å²) in [5, 5.41) is 9.05. The first-order chi connectivity index (χ1) is 8.20. The molecule has 1 aromatic rings. The highest BCUT2D eigenvalue weighted by Gasteiger charge is 2.23. The predicted molar refractivity (Wildman–Crippen MR) is 63.1 cm³/mol. The van der Waals surface area contributed by atoms with Gasteiger partial charge in [0.25, 0.3) is 5.91 Å². The molecular formula is C11H15ClN2O3. The lowest BCUT2D eigenvalue weighted by Crippen LogP contribution is -2.49. The van der Waals surface area contributed by atoms with Gasteiger partial charge in [-0.3, -0.25) is 9.69 Å². The third-order valence-corrected chi connectivity index (χ3v) is 3.06. The van der Waals surface area contributed by atoms with Gasteiger partial charge in [-0.25, -0.2) is 0 Å². The SMILES string of the molecule is O=C(c1ccc(Cl)o1)N1CCN(CCO)CC1. The Morgan fingerprint density at radius 1 is 1.35 bits per heavy atom. The van der Waals surface area contributed by atoms with Crippen LogP contribution in [0.3, 0.4) is 0 Å². The van der Waals surface area contributed by atoms with Crippen LogP contribution in [0.4, 0.5) is 0 Å². The number of furan rings is 1. The molecule has 0 aromatic carbocycles. The van der Waals surface area contributed by atoms with Gasteiger partial charge in [-0.1, -0.05) is 0 Å². The lowest BCUT2D eigenvalue weighted by Gasteiger charge is -2.33. The van der Waals surface area contributed by atoms with Crippen molar-refractivity contribution in [3.63, 3.8) is 0 Å². The minimum Gasteiger partial charge on any atom is -0.440 e. The molecule has 0 unspecified atom stereocenters. The lowest BCUT2D eigenvalue weighted by atomic mass is 10.3. The molecule has 1 aromatic heterocycles. The molecule has 1 aliphatic heterocycles. The number of carbonyl (C=O) groups is 1. The maximum Gasteiger partial charge on any atom is 0.289 e. The minimum absolute atomic E-state index is 0.124. The number of hydrogen-bond donors (Lipinski definition) is 1. The molecule has 0 bridgehead atoms. The summed E-state index contributed by atoms with van der Waals surface area (Å²) < 4.78 is 5.09. The average molecular weight is 259 g/mol. The Morgan fingerprint density at radius 2 is 2.06 bits per heavy atom. The van der Waals surface area contributed by atoms with Crippen molar-refractivity contribution in [1.29, 1.82) is 0 Å². The van der Waals surface area contributed by atoms with E-state index >= 15 is 0 Å². The molecule has 2 rings (SSSR count). The van der Waals surface area contributed by atoms with Crippen LogP contribution in [0.15, 0.2) is 16.5 Å². The zero-order chi connectivity index (χ0) is 12.3. The zero-order valence-electron chi connectivity index (χ0n) is 9.43. The van der Waals surface area contributed by atoms with E-state index in [1.165, 1.54) is 0 Å². The molecule has 1 N–H and O–H groups in total. The van der Waals surface area contributed by atoms with Gasteiger partial charge in [-0.15, -0.1) is 0 Å². The molecule has 6 heteroatoms. The van der Waals surface area contributed by atoms with Crippen molar-refractivity contribution >= 4 is 17.5 Å². The Kier molecular flexibility index (Phi) is 4.04. The number of piperazine rings is 1. The van der Waals surface area contributed by atoms with Gasteiger partial charge < -0.3 is 14.4 Å². The van der Waals surface area contributed by atoms with Gasteiger partial charge in [0.1, 0.15) is 0 Å². The van der Waals surface area contributed by atoms with E-state index in [0.717, 1.165) is 13.1 Å². The molecule has 0 spiro atoms. The summed E-state index contributed by atoms with van der Waals surface area (Å²) >= 11 is 5.63. The smallest absolute Gasteiger partial charge is 0.289 e. The molecule has 94 valence electrons. The molecule has 17 heavy (non-hydrogen) atoms. The van der Waals surface area contributed by atoms with E-state index in [-0.39, 0.29) is 23.5 Å². The van der Waals surface area contributed by atoms with Crippen LogP contribution in [-0.2, 0) is 0 Å². The Hall–Kier alpha value is -1.04. The van der Waals surface area contributed by atoms with E-state index in [1.54, 1.807) is 17.0 Å². The fourth-order valence-electron chi connectivity index (χ4n) is 1.90. The van der Waals surface area contributed by atoms with Crippen LogP contribution in [-0.4, -0.2) is 60.1 Å². The van der Waals surface area contributed by atoms with Crippen LogP contribution >= 0.6 is 11.6 Å². The van der Waals surface area contributed by atoms with E-state index in [4.69, 9.17) is 21.1 Å². The number of amides is 1. The van der Waals surface area contributed by atoms with Crippen LogP contribution < -0.4 is 0 Å². The van der Waals surface area contributed by atoms with Crippen LogP contribution in [0.5, 0.6) is 0 Å². The number of hydrogen-bond acceptors (Lipinski definition) is 4. The van der Waals surface area contributed by atoms with Gasteiger partial charge in [-0.05, 0) is 23.7 Å². The third-order valence-electron chi connectivity index (χ3n) is 2.86. The molecule has 1 amide bonds. The van der Waals surface area contributed by atoms with Crippen molar-refractivity contribution in [2.24, 2.45) is 0 Å². The summed E-state index contributed by atoms with van der Waals surface area (Å²) in [5.74, 6) is 0.158. The zero-order valence-corrected chi connectivity index (χ0v) is 10.2. The molecule has 0 aliphatic carbocycles. The number of β-amino-alcohol motifs (C(OH)–C–C–N with tert-alkyl or cyclic N) is 1.